The summed E-state index contributed by atoms with van der Waals surface area (Å²) in [7, 11) is 0. The quantitative estimate of drug-likeness (QED) is 0.915. The molecule has 1 amide bonds. The number of nitrogens with one attached hydrogen (secondary N) is 2. The zero-order valence-corrected chi connectivity index (χ0v) is 11.1. The Hall–Kier alpha value is -1.76. The van der Waals surface area contributed by atoms with Crippen LogP contribution >= 0.6 is 15.9 Å². The maximum Gasteiger partial charge on any atom is 0.295 e. The van der Waals surface area contributed by atoms with Crippen molar-refractivity contribution in [1.29, 1.82) is 0 Å². The molecule has 2 aromatic rings. The molecule has 0 saturated carbocycles. The first-order valence-corrected chi connectivity index (χ1v) is 6.07. The Bertz CT molecular complexity index is 584. The topological polar surface area (TPSA) is 70.7 Å². The minimum atomic E-state index is -0.553. The maximum atomic E-state index is 13.4. The van der Waals surface area contributed by atoms with Gasteiger partial charge in [0.2, 0.25) is 5.82 Å². The lowest BCUT2D eigenvalue weighted by Crippen LogP contribution is -2.14. The lowest BCUT2D eigenvalue weighted by molar-refractivity contribution is 0.101. The Balaban J connectivity index is 2.18. The second-order valence-electron chi connectivity index (χ2n) is 3.54. The first-order chi connectivity index (χ1) is 8.60. The van der Waals surface area contributed by atoms with E-state index < -0.39 is 11.7 Å². The summed E-state index contributed by atoms with van der Waals surface area (Å²) in [5.74, 6) is -0.471. The van der Waals surface area contributed by atoms with E-state index in [4.69, 9.17) is 0 Å². The van der Waals surface area contributed by atoms with E-state index in [1.807, 2.05) is 6.92 Å². The SMILES string of the molecule is CCc1nc(C(=O)Nc2cc(Br)ccc2F)n[nH]1. The minimum absolute atomic E-state index is 0.00812. The van der Waals surface area contributed by atoms with Crippen molar-refractivity contribution in [2.75, 3.05) is 5.32 Å². The molecule has 2 rings (SSSR count). The molecule has 0 bridgehead atoms. The minimum Gasteiger partial charge on any atom is -0.317 e. The van der Waals surface area contributed by atoms with Gasteiger partial charge >= 0.3 is 0 Å². The van der Waals surface area contributed by atoms with Gasteiger partial charge in [-0.3, -0.25) is 9.89 Å². The summed E-state index contributed by atoms with van der Waals surface area (Å²) in [6, 6.07) is 4.28. The Morgan fingerprint density at radius 3 is 3.00 bits per heavy atom. The molecular formula is C11H10BrFN4O. The summed E-state index contributed by atoms with van der Waals surface area (Å²) < 4.78 is 14.1. The number of aromatic amines is 1. The van der Waals surface area contributed by atoms with Gasteiger partial charge < -0.3 is 5.32 Å². The third-order valence-electron chi connectivity index (χ3n) is 2.25. The molecule has 2 N–H and O–H groups in total. The number of halogens is 2. The van der Waals surface area contributed by atoms with Crippen LogP contribution in [0.25, 0.3) is 0 Å². The molecule has 0 aliphatic heterocycles. The highest BCUT2D eigenvalue weighted by molar-refractivity contribution is 9.10. The number of nitrogens with zero attached hydrogens (tertiary/aromatic N) is 2. The van der Waals surface area contributed by atoms with Gasteiger partial charge in [-0.1, -0.05) is 22.9 Å². The molecule has 0 radical (unpaired) electrons. The Labute approximate surface area is 111 Å². The lowest BCUT2D eigenvalue weighted by Gasteiger charge is -2.04. The van der Waals surface area contributed by atoms with Crippen LogP contribution in [0.3, 0.4) is 0 Å². The third kappa shape index (κ3) is 2.73. The largest absolute Gasteiger partial charge is 0.317 e. The zero-order valence-electron chi connectivity index (χ0n) is 9.50. The van der Waals surface area contributed by atoms with Crippen molar-refractivity contribution in [3.63, 3.8) is 0 Å². The predicted molar refractivity (Wildman–Crippen MR) is 67.8 cm³/mol. The van der Waals surface area contributed by atoms with E-state index in [0.717, 1.165) is 0 Å². The second-order valence-corrected chi connectivity index (χ2v) is 4.45. The number of hydrogen-bond acceptors (Lipinski definition) is 3. The number of carbonyl (C=O) groups excluding carboxylic acids is 1. The summed E-state index contributed by atoms with van der Waals surface area (Å²) in [5, 5.41) is 8.79. The molecule has 94 valence electrons. The molecule has 1 aromatic heterocycles. The fraction of sp³-hybridized carbons (Fsp3) is 0.182. The molecule has 0 atom stereocenters. The monoisotopic (exact) mass is 312 g/mol. The zero-order chi connectivity index (χ0) is 13.1. The Kier molecular flexibility index (Phi) is 3.71. The van der Waals surface area contributed by atoms with Crippen LogP contribution in [0, 0.1) is 5.82 Å². The van der Waals surface area contributed by atoms with Gasteiger partial charge in [-0.15, -0.1) is 5.10 Å². The van der Waals surface area contributed by atoms with Crippen LogP contribution in [0.5, 0.6) is 0 Å². The van der Waals surface area contributed by atoms with Crippen molar-refractivity contribution in [3.8, 4) is 0 Å². The number of H-pyrrole nitrogens is 1. The van der Waals surface area contributed by atoms with Gasteiger partial charge in [0, 0.05) is 10.9 Å². The number of benzene rings is 1. The maximum absolute atomic E-state index is 13.4. The molecule has 0 aliphatic rings. The standard InChI is InChI=1S/C11H10BrFN4O/c1-2-9-15-10(17-16-9)11(18)14-8-5-6(12)3-4-7(8)13/h3-5H,2H2,1H3,(H,14,18)(H,15,16,17). The van der Waals surface area contributed by atoms with Crippen LogP contribution in [-0.4, -0.2) is 21.1 Å². The molecule has 5 nitrogen and oxygen atoms in total. The lowest BCUT2D eigenvalue weighted by atomic mass is 10.3. The van der Waals surface area contributed by atoms with Gasteiger partial charge in [0.05, 0.1) is 5.69 Å². The van der Waals surface area contributed by atoms with Crippen LogP contribution < -0.4 is 5.32 Å². The molecule has 0 spiro atoms. The molecule has 0 saturated heterocycles. The summed E-state index contributed by atoms with van der Waals surface area (Å²) in [4.78, 5) is 15.7. The second kappa shape index (κ2) is 5.26. The Morgan fingerprint density at radius 2 is 2.33 bits per heavy atom. The van der Waals surface area contributed by atoms with Gasteiger partial charge in [-0.25, -0.2) is 9.37 Å². The highest BCUT2D eigenvalue weighted by Gasteiger charge is 2.14. The van der Waals surface area contributed by atoms with Gasteiger partial charge in [-0.05, 0) is 18.2 Å². The smallest absolute Gasteiger partial charge is 0.295 e. The van der Waals surface area contributed by atoms with E-state index in [1.54, 1.807) is 6.07 Å². The van der Waals surface area contributed by atoms with Crippen molar-refractivity contribution < 1.29 is 9.18 Å². The summed E-state index contributed by atoms with van der Waals surface area (Å²) in [6.45, 7) is 1.89. The van der Waals surface area contributed by atoms with Crippen molar-refractivity contribution in [2.24, 2.45) is 0 Å². The van der Waals surface area contributed by atoms with E-state index >= 15 is 0 Å². The molecule has 0 aliphatic carbocycles. The molecule has 0 unspecified atom stereocenters. The fourth-order valence-corrected chi connectivity index (χ4v) is 1.69. The Morgan fingerprint density at radius 1 is 1.56 bits per heavy atom. The number of carbonyl (C=O) groups is 1. The fourth-order valence-electron chi connectivity index (χ4n) is 1.33. The number of rotatable bonds is 3. The first kappa shape index (κ1) is 12.7. The average Bonchev–Trinajstić information content (AvgIpc) is 2.82. The van der Waals surface area contributed by atoms with Crippen LogP contribution in [0.15, 0.2) is 22.7 Å². The van der Waals surface area contributed by atoms with Crippen LogP contribution in [0.1, 0.15) is 23.4 Å². The van der Waals surface area contributed by atoms with Gasteiger partial charge in [0.1, 0.15) is 11.6 Å². The van der Waals surface area contributed by atoms with Gasteiger partial charge in [-0.2, -0.15) is 0 Å². The molecule has 1 heterocycles. The molecule has 1 aromatic carbocycles. The van der Waals surface area contributed by atoms with E-state index in [2.05, 4.69) is 36.4 Å². The van der Waals surface area contributed by atoms with E-state index in [9.17, 15) is 9.18 Å². The molecule has 7 heteroatoms. The number of amides is 1. The third-order valence-corrected chi connectivity index (χ3v) is 2.74. The number of aryl methyl sites for hydroxylation is 1. The number of aromatic nitrogens is 3. The normalized spacial score (nSPS) is 10.4. The van der Waals surface area contributed by atoms with Crippen LogP contribution in [-0.2, 0) is 6.42 Å². The van der Waals surface area contributed by atoms with Crippen molar-refractivity contribution in [1.82, 2.24) is 15.2 Å². The summed E-state index contributed by atoms with van der Waals surface area (Å²) >= 11 is 3.20. The van der Waals surface area contributed by atoms with E-state index in [1.165, 1.54) is 12.1 Å². The predicted octanol–water partition coefficient (Wildman–Crippen LogP) is 2.52. The van der Waals surface area contributed by atoms with Crippen molar-refractivity contribution >= 4 is 27.5 Å². The van der Waals surface area contributed by atoms with E-state index in [0.29, 0.717) is 16.7 Å². The molecule has 18 heavy (non-hydrogen) atoms. The summed E-state index contributed by atoms with van der Waals surface area (Å²) in [5.41, 5.74) is 0.0808. The number of anilines is 1. The highest BCUT2D eigenvalue weighted by atomic mass is 79.9. The average molecular weight is 313 g/mol. The van der Waals surface area contributed by atoms with Crippen molar-refractivity contribution in [3.05, 3.63) is 40.1 Å². The number of hydrogen-bond donors (Lipinski definition) is 2. The van der Waals surface area contributed by atoms with Crippen molar-refractivity contribution in [2.45, 2.75) is 13.3 Å². The molecular weight excluding hydrogens is 303 g/mol. The highest BCUT2D eigenvalue weighted by Crippen LogP contribution is 2.20. The van der Waals surface area contributed by atoms with Gasteiger partial charge in [0.15, 0.2) is 0 Å². The van der Waals surface area contributed by atoms with Crippen LogP contribution in [0.4, 0.5) is 10.1 Å². The first-order valence-electron chi connectivity index (χ1n) is 5.28. The summed E-state index contributed by atoms with van der Waals surface area (Å²) in [6.07, 6.45) is 0.644. The van der Waals surface area contributed by atoms with Gasteiger partial charge in [0.25, 0.3) is 5.91 Å². The molecule has 0 fully saturated rings. The van der Waals surface area contributed by atoms with E-state index in [-0.39, 0.29) is 11.5 Å². The van der Waals surface area contributed by atoms with Crippen LogP contribution in [0.2, 0.25) is 0 Å².